The van der Waals surface area contributed by atoms with Gasteiger partial charge in [-0.1, -0.05) is 22.0 Å². The first-order valence-corrected chi connectivity index (χ1v) is 7.45. The van der Waals surface area contributed by atoms with E-state index in [0.717, 1.165) is 21.5 Å². The summed E-state index contributed by atoms with van der Waals surface area (Å²) < 4.78 is 1.01. The molecule has 5 nitrogen and oxygen atoms in total. The van der Waals surface area contributed by atoms with Crippen LogP contribution in [0.4, 0.5) is 28.7 Å². The van der Waals surface area contributed by atoms with E-state index in [2.05, 4.69) is 36.5 Å². The zero-order valence-corrected chi connectivity index (χ0v) is 13.2. The van der Waals surface area contributed by atoms with Crippen LogP contribution in [0.25, 0.3) is 0 Å². The van der Waals surface area contributed by atoms with Crippen LogP contribution in [0.2, 0.25) is 0 Å². The molecule has 1 aromatic heterocycles. The van der Waals surface area contributed by atoms with Crippen molar-refractivity contribution in [3.8, 4) is 0 Å². The molecule has 0 atom stereocenters. The van der Waals surface area contributed by atoms with Crippen LogP contribution in [-0.4, -0.2) is 9.97 Å². The molecule has 0 fully saturated rings. The molecule has 110 valence electrons. The third kappa shape index (κ3) is 3.73. The van der Waals surface area contributed by atoms with Gasteiger partial charge in [0.2, 0.25) is 0 Å². The summed E-state index contributed by atoms with van der Waals surface area (Å²) in [7, 11) is 0. The number of rotatable bonds is 4. The molecule has 0 aliphatic heterocycles. The summed E-state index contributed by atoms with van der Waals surface area (Å²) in [6.45, 7) is 0. The largest absolute Gasteiger partial charge is 0.399 e. The number of hydrogen-bond donors (Lipinski definition) is 3. The Morgan fingerprint density at radius 2 is 1.50 bits per heavy atom. The third-order valence-corrected chi connectivity index (χ3v) is 3.44. The van der Waals surface area contributed by atoms with Gasteiger partial charge in [0.25, 0.3) is 0 Å². The van der Waals surface area contributed by atoms with Crippen LogP contribution in [0.3, 0.4) is 0 Å². The van der Waals surface area contributed by atoms with Crippen LogP contribution in [0.5, 0.6) is 0 Å². The zero-order valence-electron chi connectivity index (χ0n) is 11.6. The van der Waals surface area contributed by atoms with E-state index in [1.165, 1.54) is 6.33 Å². The maximum Gasteiger partial charge on any atom is 0.135 e. The van der Waals surface area contributed by atoms with E-state index in [1.807, 2.05) is 54.6 Å². The van der Waals surface area contributed by atoms with Gasteiger partial charge in [-0.25, -0.2) is 9.97 Å². The molecule has 0 amide bonds. The van der Waals surface area contributed by atoms with Crippen molar-refractivity contribution in [1.29, 1.82) is 0 Å². The van der Waals surface area contributed by atoms with Gasteiger partial charge in [0.1, 0.15) is 18.0 Å². The van der Waals surface area contributed by atoms with Crippen LogP contribution >= 0.6 is 15.9 Å². The molecule has 0 aliphatic carbocycles. The van der Waals surface area contributed by atoms with Gasteiger partial charge in [-0.05, 0) is 42.5 Å². The van der Waals surface area contributed by atoms with E-state index in [9.17, 15) is 0 Å². The minimum atomic E-state index is 0.706. The number of nitrogens with zero attached hydrogens (tertiary/aromatic N) is 2. The van der Waals surface area contributed by atoms with Gasteiger partial charge in [-0.15, -0.1) is 0 Å². The Labute approximate surface area is 136 Å². The monoisotopic (exact) mass is 355 g/mol. The highest BCUT2D eigenvalue weighted by molar-refractivity contribution is 9.10. The minimum Gasteiger partial charge on any atom is -0.399 e. The molecule has 0 aliphatic rings. The number of anilines is 5. The SMILES string of the molecule is Nc1ccc(Nc2cc(Nc3cccc(Br)c3)ncn2)cc1. The summed E-state index contributed by atoms with van der Waals surface area (Å²) >= 11 is 3.44. The number of hydrogen-bond acceptors (Lipinski definition) is 5. The van der Waals surface area contributed by atoms with E-state index >= 15 is 0 Å². The maximum atomic E-state index is 5.68. The van der Waals surface area contributed by atoms with Crippen LogP contribution in [0.1, 0.15) is 0 Å². The van der Waals surface area contributed by atoms with Crippen molar-refractivity contribution in [3.05, 3.63) is 65.4 Å². The molecule has 1 heterocycles. The van der Waals surface area contributed by atoms with E-state index in [4.69, 9.17) is 5.73 Å². The lowest BCUT2D eigenvalue weighted by atomic mass is 10.3. The van der Waals surface area contributed by atoms with Gasteiger partial charge < -0.3 is 16.4 Å². The Kier molecular flexibility index (Phi) is 4.20. The Hall–Kier alpha value is -2.60. The van der Waals surface area contributed by atoms with Crippen LogP contribution in [0.15, 0.2) is 65.4 Å². The van der Waals surface area contributed by atoms with Gasteiger partial charge in [0.05, 0.1) is 0 Å². The van der Waals surface area contributed by atoms with Crippen molar-refractivity contribution in [2.75, 3.05) is 16.4 Å². The zero-order chi connectivity index (χ0) is 15.4. The van der Waals surface area contributed by atoms with Crippen molar-refractivity contribution < 1.29 is 0 Å². The lowest BCUT2D eigenvalue weighted by molar-refractivity contribution is 1.17. The Balaban J connectivity index is 1.76. The highest BCUT2D eigenvalue weighted by Gasteiger charge is 2.01. The maximum absolute atomic E-state index is 5.68. The second-order valence-corrected chi connectivity index (χ2v) is 5.59. The second kappa shape index (κ2) is 6.44. The number of nitrogen functional groups attached to an aromatic ring is 1. The predicted octanol–water partition coefficient (Wildman–Crippen LogP) is 4.31. The van der Waals surface area contributed by atoms with Gasteiger partial charge in [-0.3, -0.25) is 0 Å². The summed E-state index contributed by atoms with van der Waals surface area (Å²) in [6, 6.07) is 17.2. The van der Waals surface area contributed by atoms with Crippen LogP contribution in [-0.2, 0) is 0 Å². The fourth-order valence-electron chi connectivity index (χ4n) is 1.92. The summed E-state index contributed by atoms with van der Waals surface area (Å²) in [6.07, 6.45) is 1.51. The molecule has 4 N–H and O–H groups in total. The molecule has 3 rings (SSSR count). The van der Waals surface area contributed by atoms with Crippen molar-refractivity contribution in [2.45, 2.75) is 0 Å². The van der Waals surface area contributed by atoms with Gasteiger partial charge >= 0.3 is 0 Å². The normalized spacial score (nSPS) is 10.2. The number of nitrogens with one attached hydrogen (secondary N) is 2. The average Bonchev–Trinajstić information content (AvgIpc) is 2.50. The highest BCUT2D eigenvalue weighted by Crippen LogP contribution is 2.21. The lowest BCUT2D eigenvalue weighted by Crippen LogP contribution is -1.98. The van der Waals surface area contributed by atoms with E-state index in [-0.39, 0.29) is 0 Å². The number of aromatic nitrogens is 2. The molecule has 3 aromatic rings. The highest BCUT2D eigenvalue weighted by atomic mass is 79.9. The number of halogens is 1. The molecular formula is C16H14BrN5. The van der Waals surface area contributed by atoms with Crippen molar-refractivity contribution >= 4 is 44.6 Å². The third-order valence-electron chi connectivity index (χ3n) is 2.95. The van der Waals surface area contributed by atoms with Gasteiger partial charge in [0.15, 0.2) is 0 Å². The molecule has 0 spiro atoms. The molecule has 0 saturated carbocycles. The number of nitrogens with two attached hydrogens (primary N) is 1. The van der Waals surface area contributed by atoms with E-state index < -0.39 is 0 Å². The van der Waals surface area contributed by atoms with Crippen molar-refractivity contribution in [2.24, 2.45) is 0 Å². The molecule has 22 heavy (non-hydrogen) atoms. The Morgan fingerprint density at radius 3 is 2.18 bits per heavy atom. The van der Waals surface area contributed by atoms with Crippen molar-refractivity contribution in [3.63, 3.8) is 0 Å². The summed E-state index contributed by atoms with van der Waals surface area (Å²) in [4.78, 5) is 8.44. The predicted molar refractivity (Wildman–Crippen MR) is 93.6 cm³/mol. The van der Waals surface area contributed by atoms with E-state index in [0.29, 0.717) is 11.6 Å². The molecule has 0 bridgehead atoms. The minimum absolute atomic E-state index is 0.706. The summed E-state index contributed by atoms with van der Waals surface area (Å²) in [5.41, 5.74) is 8.27. The summed E-state index contributed by atoms with van der Waals surface area (Å²) in [5.74, 6) is 1.42. The first-order valence-electron chi connectivity index (χ1n) is 6.66. The molecule has 0 saturated heterocycles. The first-order chi connectivity index (χ1) is 10.7. The number of benzene rings is 2. The smallest absolute Gasteiger partial charge is 0.135 e. The molecule has 6 heteroatoms. The Morgan fingerprint density at radius 1 is 0.818 bits per heavy atom. The molecular weight excluding hydrogens is 342 g/mol. The fourth-order valence-corrected chi connectivity index (χ4v) is 2.32. The lowest BCUT2D eigenvalue weighted by Gasteiger charge is -2.09. The molecule has 0 unspecified atom stereocenters. The Bertz CT molecular complexity index is 773. The fraction of sp³-hybridized carbons (Fsp3) is 0. The topological polar surface area (TPSA) is 75.9 Å². The van der Waals surface area contributed by atoms with Gasteiger partial charge in [-0.2, -0.15) is 0 Å². The second-order valence-electron chi connectivity index (χ2n) is 4.67. The van der Waals surface area contributed by atoms with Crippen LogP contribution < -0.4 is 16.4 Å². The molecule has 2 aromatic carbocycles. The quantitative estimate of drug-likeness (QED) is 0.608. The van der Waals surface area contributed by atoms with Crippen LogP contribution in [0, 0.1) is 0 Å². The average molecular weight is 356 g/mol. The van der Waals surface area contributed by atoms with E-state index in [1.54, 1.807) is 0 Å². The molecule has 0 radical (unpaired) electrons. The van der Waals surface area contributed by atoms with Gasteiger partial charge in [0, 0.05) is 27.6 Å². The van der Waals surface area contributed by atoms with Crippen molar-refractivity contribution in [1.82, 2.24) is 9.97 Å². The summed E-state index contributed by atoms with van der Waals surface area (Å²) in [5, 5.41) is 6.45. The standard InChI is InChI=1S/C16H14BrN5/c17-11-2-1-3-14(8-11)22-16-9-15(19-10-20-16)21-13-6-4-12(18)5-7-13/h1-10H,18H2,(H2,19,20,21,22). The first kappa shape index (κ1) is 14.3.